The molecule has 6 aliphatic heterocycles. The molecule has 26 N–H and O–H groups in total. The molecule has 0 spiro atoms. The number of hydrogen-bond acceptors (Lipinski definition) is 38. The molecule has 6 heterocycles. The molecule has 0 bridgehead atoms. The van der Waals surface area contributed by atoms with E-state index in [9.17, 15) is 137 Å². The van der Waals surface area contributed by atoms with Gasteiger partial charge in [-0.05, 0) is 0 Å². The van der Waals surface area contributed by atoms with E-state index in [0.29, 0.717) is 0 Å². The van der Waals surface area contributed by atoms with E-state index in [1.807, 2.05) is 0 Å². The van der Waals surface area contributed by atoms with E-state index in [-0.39, 0.29) is 0 Å². The highest BCUT2D eigenvalue weighted by molar-refractivity contribution is 5.76. The Morgan fingerprint density at radius 1 is 0.478 bits per heavy atom. The molecule has 2 amide bonds. The Labute approximate surface area is 508 Å². The Morgan fingerprint density at radius 3 is 1.41 bits per heavy atom. The predicted octanol–water partition coefficient (Wildman–Crippen LogP) is -17.1. The van der Waals surface area contributed by atoms with Crippen LogP contribution < -0.4 is 10.6 Å². The first kappa shape index (κ1) is 76.0. The molecule has 41 nitrogen and oxygen atoms in total. The van der Waals surface area contributed by atoms with Crippen LogP contribution in [0.1, 0.15) is 20.3 Å². The molecule has 0 aromatic heterocycles. The molecule has 0 radical (unpaired) electrons. The summed E-state index contributed by atoms with van der Waals surface area (Å²) in [5, 5.41) is 263. The lowest BCUT2D eigenvalue weighted by molar-refractivity contribution is -0.396. The summed E-state index contributed by atoms with van der Waals surface area (Å²) in [4.78, 5) is 37.8. The van der Waals surface area contributed by atoms with Crippen LogP contribution in [0.2, 0.25) is 0 Å². The number of carbonyl (C=O) groups is 3. The monoisotopic (exact) mass is 1320 g/mol. The third-order valence-corrected chi connectivity index (χ3v) is 15.9. The van der Waals surface area contributed by atoms with Crippen molar-refractivity contribution in [1.82, 2.24) is 10.6 Å². The molecular weight excluding hydrogens is 1240 g/mol. The van der Waals surface area contributed by atoms with Crippen LogP contribution in [0.4, 0.5) is 0 Å². The number of aliphatic hydroxyl groups excluding tert-OH is 23. The fraction of sp³-hybridized carbons (Fsp3) is 0.939. The van der Waals surface area contributed by atoms with Gasteiger partial charge in [0, 0.05) is 20.3 Å². The van der Waals surface area contributed by atoms with E-state index >= 15 is 0 Å². The molecule has 0 saturated carbocycles. The Hall–Kier alpha value is -2.99. The Bertz CT molecular complexity index is 2240. The molecule has 0 aliphatic carbocycles. The second-order valence-electron chi connectivity index (χ2n) is 22.3. The van der Waals surface area contributed by atoms with E-state index in [0.717, 1.165) is 13.8 Å². The van der Waals surface area contributed by atoms with Crippen molar-refractivity contribution in [3.63, 3.8) is 0 Å². The van der Waals surface area contributed by atoms with Gasteiger partial charge in [0.1, 0.15) is 165 Å². The van der Waals surface area contributed by atoms with Gasteiger partial charge in [-0.2, -0.15) is 0 Å². The summed E-state index contributed by atoms with van der Waals surface area (Å²) < 4.78 is 68.4. The number of aliphatic hydroxyl groups is 23. The number of carboxylic acids is 1. The number of carbonyl (C=O) groups excluding carboxylic acids is 2. The van der Waals surface area contributed by atoms with Gasteiger partial charge >= 0.3 is 5.97 Å². The number of hydrogen-bond donors (Lipinski definition) is 26. The van der Waals surface area contributed by atoms with E-state index in [1.165, 1.54) is 0 Å². The van der Waals surface area contributed by atoms with Crippen molar-refractivity contribution >= 4 is 17.8 Å². The zero-order valence-electron chi connectivity index (χ0n) is 47.9. The highest BCUT2D eigenvalue weighted by Crippen LogP contribution is 2.40. The minimum absolute atomic E-state index is 0.862. The standard InChI is InChI=1S/C49H84N2O39/c1-12(59)50-23-14(61)3-49(48(77)78,89-39(23)26(66)16(63)5-53)90-42-29(69)20(9-57)82-47(36(42)76)87-40-28(68)19(8-56)81-45(34(40)74)88-41-30(70)22(84-46(35(41)75)85-37(17(64)6-54)25(65)15(62)4-52)11-79-43-24(51-13(2)60)31(71)38(21(10-58)83-43)86-44-33(73)32(72)27(67)18(7-55)80-44/h14-47,52-58,61-76H,3-11H2,1-2H3,(H,50,59)(H,51,60)(H,77,78)/t14-,15-,16+,17+,18+,19+,20+,21+,22+,23+,24+,25+,26+,27-,28-,29-,30-,31+,32-,33+,34+,35+,36+,37+,38+,39+,40-,41-,42-,43+,44-,45-,46-,47-,49-/m0/s1. The Kier molecular flexibility index (Phi) is 28.0. The van der Waals surface area contributed by atoms with Gasteiger partial charge < -0.3 is 190 Å². The van der Waals surface area contributed by atoms with Crippen LogP contribution in [0.25, 0.3) is 0 Å². The molecule has 6 rings (SSSR count). The van der Waals surface area contributed by atoms with Crippen molar-refractivity contribution in [2.75, 3.05) is 52.9 Å². The van der Waals surface area contributed by atoms with E-state index in [2.05, 4.69) is 10.6 Å². The molecule has 41 heteroatoms. The third kappa shape index (κ3) is 16.8. The van der Waals surface area contributed by atoms with Gasteiger partial charge in [-0.1, -0.05) is 0 Å². The first-order chi connectivity index (χ1) is 42.4. The second-order valence-corrected chi connectivity index (χ2v) is 22.3. The van der Waals surface area contributed by atoms with Crippen LogP contribution in [-0.2, 0) is 71.2 Å². The highest BCUT2D eigenvalue weighted by Gasteiger charge is 2.61. The van der Waals surface area contributed by atoms with Crippen LogP contribution in [-0.4, -0.2) is 407 Å². The largest absolute Gasteiger partial charge is 0.477 e. The van der Waals surface area contributed by atoms with Gasteiger partial charge in [0.15, 0.2) is 31.5 Å². The van der Waals surface area contributed by atoms with Crippen molar-refractivity contribution in [3.8, 4) is 0 Å². The first-order valence-corrected chi connectivity index (χ1v) is 28.2. The average molecular weight is 1330 g/mol. The van der Waals surface area contributed by atoms with Crippen LogP contribution in [0, 0.1) is 0 Å². The quantitative estimate of drug-likeness (QED) is 0.0346. The summed E-state index contributed by atoms with van der Waals surface area (Å²) in [6, 6.07) is -3.49. The van der Waals surface area contributed by atoms with Crippen LogP contribution >= 0.6 is 0 Å². The van der Waals surface area contributed by atoms with Crippen LogP contribution in [0.5, 0.6) is 0 Å². The number of nitrogens with one attached hydrogen (secondary N) is 2. The molecule has 0 aromatic carbocycles. The second kappa shape index (κ2) is 33.1. The van der Waals surface area contributed by atoms with Crippen LogP contribution in [0.3, 0.4) is 0 Å². The molecular formula is C49H84N2O39. The van der Waals surface area contributed by atoms with Crippen LogP contribution in [0.15, 0.2) is 0 Å². The van der Waals surface area contributed by atoms with Crippen molar-refractivity contribution in [2.45, 2.75) is 234 Å². The van der Waals surface area contributed by atoms with Crippen molar-refractivity contribution in [2.24, 2.45) is 0 Å². The SMILES string of the molecule is CC(=O)N[C@H]1[C@H](OC[C@H]2O[C@@H](O[C@@H]([C@H](O)[C@@H](O)CO)[C@H](O)CO)[C@H](O)[C@@H](O[C@@H]3O[C@H](CO)[C@H](O)[C@H](O[C@@H]4O[C@H](CO)[C@H](O)[C@H](O[C@]5(C(=O)O)C[C@H](O)[C@@H](NC(C)=O)[C@H]([C@H](O)[C@H](O)CO)O5)[C@H]4O)[C@H]3O)[C@H]2O)O[C@H](CO)[C@@H](O[C@@H]2O[C@H](CO)[C@H](O)[C@H](O)[C@H]2O)[C@@H]1O. The summed E-state index contributed by atoms with van der Waals surface area (Å²) in [6.07, 6.45) is -70.0. The normalized spacial score (nSPS) is 44.8. The molecule has 90 heavy (non-hydrogen) atoms. The van der Waals surface area contributed by atoms with Gasteiger partial charge in [0.2, 0.25) is 11.8 Å². The maximum atomic E-state index is 13.1. The highest BCUT2D eigenvalue weighted by atomic mass is 16.8. The zero-order valence-corrected chi connectivity index (χ0v) is 47.9. The van der Waals surface area contributed by atoms with Gasteiger partial charge in [0.05, 0.1) is 65.0 Å². The van der Waals surface area contributed by atoms with Gasteiger partial charge in [-0.25, -0.2) is 4.79 Å². The first-order valence-electron chi connectivity index (χ1n) is 28.2. The summed E-state index contributed by atoms with van der Waals surface area (Å²) in [6.45, 7) is -7.12. The number of aliphatic carboxylic acids is 1. The van der Waals surface area contributed by atoms with Gasteiger partial charge in [-0.15, -0.1) is 0 Å². The molecule has 35 atom stereocenters. The van der Waals surface area contributed by atoms with E-state index in [4.69, 9.17) is 56.8 Å². The fourth-order valence-corrected chi connectivity index (χ4v) is 11.0. The molecule has 0 aromatic rings. The Balaban J connectivity index is 1.29. The molecule has 6 fully saturated rings. The summed E-state index contributed by atoms with van der Waals surface area (Å²) >= 11 is 0. The summed E-state index contributed by atoms with van der Waals surface area (Å²) in [5.41, 5.74) is 0. The smallest absolute Gasteiger partial charge is 0.364 e. The topological polar surface area (TPSA) is 672 Å². The third-order valence-electron chi connectivity index (χ3n) is 15.9. The number of ether oxygens (including phenoxy) is 12. The molecule has 0 unspecified atom stereocenters. The molecule has 524 valence electrons. The summed E-state index contributed by atoms with van der Waals surface area (Å²) in [5.74, 6) is -7.15. The lowest BCUT2D eigenvalue weighted by Gasteiger charge is -2.51. The number of amides is 2. The zero-order chi connectivity index (χ0) is 67.1. The van der Waals surface area contributed by atoms with Gasteiger partial charge in [-0.3, -0.25) is 9.59 Å². The van der Waals surface area contributed by atoms with E-state index < -0.39 is 291 Å². The van der Waals surface area contributed by atoms with Crippen molar-refractivity contribution in [1.29, 1.82) is 0 Å². The van der Waals surface area contributed by atoms with Crippen molar-refractivity contribution in [3.05, 3.63) is 0 Å². The fourth-order valence-electron chi connectivity index (χ4n) is 11.0. The molecule has 6 aliphatic rings. The minimum atomic E-state index is -3.27. The minimum Gasteiger partial charge on any atom is -0.477 e. The average Bonchev–Trinajstić information content (AvgIpc) is 0.854. The maximum Gasteiger partial charge on any atom is 0.364 e. The van der Waals surface area contributed by atoms with E-state index in [1.54, 1.807) is 0 Å². The van der Waals surface area contributed by atoms with Gasteiger partial charge in [0.25, 0.3) is 5.79 Å². The Morgan fingerprint density at radius 2 is 0.911 bits per heavy atom. The lowest BCUT2D eigenvalue weighted by atomic mass is 9.88. The maximum absolute atomic E-state index is 13.1. The number of carboxylic acid groups (broad SMARTS) is 1. The lowest BCUT2D eigenvalue weighted by Crippen LogP contribution is -2.71. The predicted molar refractivity (Wildman–Crippen MR) is 274 cm³/mol. The molecule has 6 saturated heterocycles. The van der Waals surface area contributed by atoms with Crippen molar-refractivity contribution < 1.29 is 194 Å². The number of rotatable bonds is 28. The summed E-state index contributed by atoms with van der Waals surface area (Å²) in [7, 11) is 0.